The van der Waals surface area contributed by atoms with E-state index >= 15 is 0 Å². The first kappa shape index (κ1) is 15.5. The first-order chi connectivity index (χ1) is 9.38. The van der Waals surface area contributed by atoms with E-state index < -0.39 is 23.8 Å². The summed E-state index contributed by atoms with van der Waals surface area (Å²) >= 11 is 0. The van der Waals surface area contributed by atoms with Crippen molar-refractivity contribution in [1.82, 2.24) is 5.32 Å². The van der Waals surface area contributed by atoms with E-state index in [2.05, 4.69) is 5.32 Å². The van der Waals surface area contributed by atoms with E-state index in [1.807, 2.05) is 0 Å². The van der Waals surface area contributed by atoms with Crippen LogP contribution in [0.1, 0.15) is 18.4 Å². The number of amides is 2. The largest absolute Gasteiger partial charge is 0.508 e. The highest BCUT2D eigenvalue weighted by Gasteiger charge is 2.20. The van der Waals surface area contributed by atoms with E-state index in [1.165, 1.54) is 12.1 Å². The lowest BCUT2D eigenvalue weighted by Crippen LogP contribution is -2.42. The lowest BCUT2D eigenvalue weighted by molar-refractivity contribution is -0.142. The highest BCUT2D eigenvalue weighted by atomic mass is 16.4. The van der Waals surface area contributed by atoms with E-state index in [0.717, 1.165) is 0 Å². The molecule has 0 aromatic heterocycles. The van der Waals surface area contributed by atoms with Crippen LogP contribution in [-0.2, 0) is 20.8 Å². The van der Waals surface area contributed by atoms with Crippen LogP contribution >= 0.6 is 0 Å². The van der Waals surface area contributed by atoms with Crippen molar-refractivity contribution in [2.45, 2.75) is 25.3 Å². The number of phenols is 1. The molecule has 7 nitrogen and oxygen atoms in total. The number of hydrogen-bond donors (Lipinski definition) is 4. The fourth-order valence-corrected chi connectivity index (χ4v) is 1.59. The molecule has 0 saturated heterocycles. The molecule has 1 aromatic carbocycles. The minimum absolute atomic E-state index is 0.0133. The molecule has 1 rings (SSSR count). The van der Waals surface area contributed by atoms with Gasteiger partial charge >= 0.3 is 5.97 Å². The average Bonchev–Trinajstić information content (AvgIpc) is 2.36. The monoisotopic (exact) mass is 280 g/mol. The number of aliphatic carboxylic acids is 1. The number of aromatic hydroxyl groups is 1. The van der Waals surface area contributed by atoms with Gasteiger partial charge in [-0.15, -0.1) is 0 Å². The normalized spacial score (nSPS) is 11.6. The van der Waals surface area contributed by atoms with Crippen molar-refractivity contribution >= 4 is 17.8 Å². The van der Waals surface area contributed by atoms with Gasteiger partial charge < -0.3 is 21.3 Å². The molecule has 0 unspecified atom stereocenters. The third-order valence-corrected chi connectivity index (χ3v) is 2.61. The van der Waals surface area contributed by atoms with Crippen LogP contribution < -0.4 is 11.1 Å². The second-order valence-corrected chi connectivity index (χ2v) is 4.31. The standard InChI is InChI=1S/C13H16N2O5/c14-11(17)6-5-10(13(19)20)15-12(18)7-8-1-3-9(16)4-2-8/h1-4,10,16H,5-7H2,(H2,14,17)(H,15,18)(H,19,20)/t10-/m0/s1. The molecule has 7 heteroatoms. The quantitative estimate of drug-likeness (QED) is 0.548. The van der Waals surface area contributed by atoms with Crippen LogP contribution in [0.3, 0.4) is 0 Å². The molecule has 0 fully saturated rings. The van der Waals surface area contributed by atoms with Gasteiger partial charge in [-0.3, -0.25) is 9.59 Å². The van der Waals surface area contributed by atoms with Crippen LogP contribution in [0.25, 0.3) is 0 Å². The first-order valence-electron chi connectivity index (χ1n) is 5.97. The number of phenolic OH excluding ortho intramolecular Hbond substituents is 1. The van der Waals surface area contributed by atoms with Crippen LogP contribution in [0, 0.1) is 0 Å². The summed E-state index contributed by atoms with van der Waals surface area (Å²) in [6.45, 7) is 0. The maximum absolute atomic E-state index is 11.7. The Balaban J connectivity index is 2.55. The fraction of sp³-hybridized carbons (Fsp3) is 0.308. The Bertz CT molecular complexity index is 498. The number of carbonyl (C=O) groups excluding carboxylic acids is 2. The van der Waals surface area contributed by atoms with Crippen molar-refractivity contribution in [3.05, 3.63) is 29.8 Å². The third kappa shape index (κ3) is 5.38. The molecule has 0 radical (unpaired) electrons. The Morgan fingerprint density at radius 3 is 2.30 bits per heavy atom. The summed E-state index contributed by atoms with van der Waals surface area (Å²) in [6, 6.07) is 4.85. The van der Waals surface area contributed by atoms with Crippen LogP contribution in [0.5, 0.6) is 5.75 Å². The predicted molar refractivity (Wildman–Crippen MR) is 69.8 cm³/mol. The van der Waals surface area contributed by atoms with Crippen molar-refractivity contribution in [3.8, 4) is 5.75 Å². The zero-order chi connectivity index (χ0) is 15.1. The third-order valence-electron chi connectivity index (χ3n) is 2.61. The number of carboxylic acid groups (broad SMARTS) is 1. The van der Waals surface area contributed by atoms with Gasteiger partial charge in [0.05, 0.1) is 6.42 Å². The Hall–Kier alpha value is -2.57. The van der Waals surface area contributed by atoms with Crippen molar-refractivity contribution in [2.75, 3.05) is 0 Å². The highest BCUT2D eigenvalue weighted by molar-refractivity contribution is 5.85. The molecule has 2 amide bonds. The predicted octanol–water partition coefficient (Wildman–Crippen LogP) is -0.230. The van der Waals surface area contributed by atoms with Gasteiger partial charge in [-0.25, -0.2) is 4.79 Å². The van der Waals surface area contributed by atoms with Crippen LogP contribution in [-0.4, -0.2) is 34.0 Å². The van der Waals surface area contributed by atoms with E-state index in [1.54, 1.807) is 12.1 Å². The lowest BCUT2D eigenvalue weighted by atomic mass is 10.1. The topological polar surface area (TPSA) is 130 Å². The second-order valence-electron chi connectivity index (χ2n) is 4.31. The molecule has 0 bridgehead atoms. The SMILES string of the molecule is NC(=O)CC[C@H](NC(=O)Cc1ccc(O)cc1)C(=O)O. The number of carboxylic acids is 1. The van der Waals surface area contributed by atoms with E-state index in [-0.39, 0.29) is 25.0 Å². The van der Waals surface area contributed by atoms with Gasteiger partial charge in [0.2, 0.25) is 11.8 Å². The molecule has 1 aromatic rings. The summed E-state index contributed by atoms with van der Waals surface area (Å²) in [4.78, 5) is 33.3. The van der Waals surface area contributed by atoms with E-state index in [4.69, 9.17) is 15.9 Å². The van der Waals surface area contributed by atoms with Gasteiger partial charge in [-0.05, 0) is 24.1 Å². The summed E-state index contributed by atoms with van der Waals surface area (Å²) in [7, 11) is 0. The Kier molecular flexibility index (Phi) is 5.52. The molecule has 0 heterocycles. The van der Waals surface area contributed by atoms with Gasteiger partial charge in [0.1, 0.15) is 11.8 Å². The number of rotatable bonds is 7. The summed E-state index contributed by atoms with van der Waals surface area (Å²) < 4.78 is 0. The summed E-state index contributed by atoms with van der Waals surface area (Å²) in [5.41, 5.74) is 5.58. The van der Waals surface area contributed by atoms with Gasteiger partial charge in [0.25, 0.3) is 0 Å². The van der Waals surface area contributed by atoms with Crippen LogP contribution in [0.2, 0.25) is 0 Å². The molecule has 0 saturated carbocycles. The molecule has 0 aliphatic carbocycles. The summed E-state index contributed by atoms with van der Waals surface area (Å²) in [5, 5.41) is 20.4. The zero-order valence-electron chi connectivity index (χ0n) is 10.7. The highest BCUT2D eigenvalue weighted by Crippen LogP contribution is 2.10. The smallest absolute Gasteiger partial charge is 0.326 e. The Labute approximate surface area is 115 Å². The van der Waals surface area contributed by atoms with Gasteiger partial charge in [-0.2, -0.15) is 0 Å². The average molecular weight is 280 g/mol. The molecule has 20 heavy (non-hydrogen) atoms. The molecule has 1 atom stereocenters. The molecule has 5 N–H and O–H groups in total. The zero-order valence-corrected chi connectivity index (χ0v) is 10.7. The molecular weight excluding hydrogens is 264 g/mol. The molecule has 0 spiro atoms. The number of nitrogens with one attached hydrogen (secondary N) is 1. The minimum atomic E-state index is -1.22. The second kappa shape index (κ2) is 7.13. The summed E-state index contributed by atoms with van der Waals surface area (Å²) in [5.74, 6) is -2.24. The van der Waals surface area contributed by atoms with Crippen LogP contribution in [0.4, 0.5) is 0 Å². The van der Waals surface area contributed by atoms with Crippen molar-refractivity contribution in [2.24, 2.45) is 5.73 Å². The first-order valence-corrected chi connectivity index (χ1v) is 5.97. The van der Waals surface area contributed by atoms with E-state index in [0.29, 0.717) is 5.56 Å². The fourth-order valence-electron chi connectivity index (χ4n) is 1.59. The molecule has 0 aliphatic heterocycles. The maximum Gasteiger partial charge on any atom is 0.326 e. The van der Waals surface area contributed by atoms with E-state index in [9.17, 15) is 14.4 Å². The van der Waals surface area contributed by atoms with Crippen molar-refractivity contribution in [3.63, 3.8) is 0 Å². The van der Waals surface area contributed by atoms with Gasteiger partial charge in [-0.1, -0.05) is 12.1 Å². The maximum atomic E-state index is 11.7. The Morgan fingerprint density at radius 2 is 1.80 bits per heavy atom. The lowest BCUT2D eigenvalue weighted by Gasteiger charge is -2.13. The van der Waals surface area contributed by atoms with Crippen LogP contribution in [0.15, 0.2) is 24.3 Å². The molecule has 0 aliphatic rings. The van der Waals surface area contributed by atoms with Crippen molar-refractivity contribution in [1.29, 1.82) is 0 Å². The van der Waals surface area contributed by atoms with Gasteiger partial charge in [0, 0.05) is 6.42 Å². The number of primary amides is 1. The minimum Gasteiger partial charge on any atom is -0.508 e. The Morgan fingerprint density at radius 1 is 1.20 bits per heavy atom. The number of nitrogens with two attached hydrogens (primary N) is 1. The molecular formula is C13H16N2O5. The molecule has 108 valence electrons. The number of carbonyl (C=O) groups is 3. The summed E-state index contributed by atoms with van der Waals surface area (Å²) in [6.07, 6.45) is -0.178. The van der Waals surface area contributed by atoms with Crippen molar-refractivity contribution < 1.29 is 24.6 Å². The van der Waals surface area contributed by atoms with Gasteiger partial charge in [0.15, 0.2) is 0 Å². The number of benzene rings is 1. The number of hydrogen-bond acceptors (Lipinski definition) is 4.